The molecule has 1 N–H and O–H groups in total. The van der Waals surface area contributed by atoms with Gasteiger partial charge in [-0.3, -0.25) is 9.36 Å². The molecule has 1 heterocycles. The molecule has 0 spiro atoms. The Hall–Kier alpha value is -3.61. The normalized spacial score (nSPS) is 11.0. The third-order valence-corrected chi connectivity index (χ3v) is 7.00. The summed E-state index contributed by atoms with van der Waals surface area (Å²) in [6.07, 6.45) is 0. The summed E-state index contributed by atoms with van der Waals surface area (Å²) in [5.41, 5.74) is 3.76. The predicted octanol–water partition coefficient (Wildman–Crippen LogP) is 6.60. The number of nitrogens with zero attached hydrogens (tertiary/aromatic N) is 3. The van der Waals surface area contributed by atoms with Gasteiger partial charge in [-0.15, -0.1) is 10.2 Å². The topological polar surface area (TPSA) is 59.8 Å². The molecule has 5 nitrogen and oxygen atoms in total. The van der Waals surface area contributed by atoms with Gasteiger partial charge in [-0.05, 0) is 47.0 Å². The summed E-state index contributed by atoms with van der Waals surface area (Å²) in [5, 5.41) is 15.2. The van der Waals surface area contributed by atoms with Crippen molar-refractivity contribution < 1.29 is 4.79 Å². The van der Waals surface area contributed by atoms with Crippen molar-refractivity contribution in [2.24, 2.45) is 0 Å². The van der Waals surface area contributed by atoms with Crippen molar-refractivity contribution in [3.8, 4) is 5.69 Å². The van der Waals surface area contributed by atoms with E-state index in [2.05, 4.69) is 27.6 Å². The third kappa shape index (κ3) is 5.09. The lowest BCUT2D eigenvalue weighted by atomic mass is 10.0. The van der Waals surface area contributed by atoms with Gasteiger partial charge >= 0.3 is 0 Å². The van der Waals surface area contributed by atoms with Gasteiger partial charge in [0.15, 0.2) is 11.0 Å². The molecule has 0 atom stereocenters. The second-order valence-electron chi connectivity index (χ2n) is 8.15. The van der Waals surface area contributed by atoms with Gasteiger partial charge in [0.25, 0.3) is 5.91 Å². The highest BCUT2D eigenvalue weighted by Gasteiger charge is 2.18. The Balaban J connectivity index is 1.44. The van der Waals surface area contributed by atoms with E-state index in [9.17, 15) is 4.79 Å². The van der Waals surface area contributed by atoms with E-state index in [1.165, 1.54) is 5.56 Å². The van der Waals surface area contributed by atoms with Gasteiger partial charge in [0.2, 0.25) is 0 Å². The summed E-state index contributed by atoms with van der Waals surface area (Å²) < 4.78 is 1.98. The fraction of sp³-hybridized carbons (Fsp3) is 0.107. The maximum absolute atomic E-state index is 13.1. The molecule has 0 aliphatic rings. The molecule has 0 aliphatic carbocycles. The van der Waals surface area contributed by atoms with Crippen LogP contribution in [0.25, 0.3) is 16.5 Å². The first-order chi connectivity index (χ1) is 17.1. The van der Waals surface area contributed by atoms with Gasteiger partial charge in [0.1, 0.15) is 0 Å². The van der Waals surface area contributed by atoms with Gasteiger partial charge in [-0.25, -0.2) is 0 Å². The second kappa shape index (κ2) is 10.3. The highest BCUT2D eigenvalue weighted by molar-refractivity contribution is 7.98. The van der Waals surface area contributed by atoms with Gasteiger partial charge in [0.05, 0.1) is 12.2 Å². The average Bonchev–Trinajstić information content (AvgIpc) is 3.30. The number of halogens is 1. The molecule has 1 amide bonds. The molecule has 0 saturated heterocycles. The monoisotopic (exact) mass is 498 g/mol. The summed E-state index contributed by atoms with van der Waals surface area (Å²) in [7, 11) is 0. The number of amides is 1. The first-order valence-electron chi connectivity index (χ1n) is 11.2. The Morgan fingerprint density at radius 1 is 0.943 bits per heavy atom. The quantitative estimate of drug-likeness (QED) is 0.257. The second-order valence-corrected chi connectivity index (χ2v) is 9.53. The number of hydrogen-bond acceptors (Lipinski definition) is 4. The average molecular weight is 499 g/mol. The smallest absolute Gasteiger partial charge is 0.252 e. The van der Waals surface area contributed by atoms with E-state index in [0.29, 0.717) is 16.4 Å². The van der Waals surface area contributed by atoms with Gasteiger partial charge in [-0.2, -0.15) is 0 Å². The molecule has 4 aromatic carbocycles. The number of rotatable bonds is 7. The van der Waals surface area contributed by atoms with Crippen molar-refractivity contribution in [2.45, 2.75) is 24.4 Å². The van der Waals surface area contributed by atoms with Crippen LogP contribution in [0.15, 0.2) is 96.2 Å². The lowest BCUT2D eigenvalue weighted by molar-refractivity contribution is 0.0951. The van der Waals surface area contributed by atoms with Gasteiger partial charge < -0.3 is 5.32 Å². The van der Waals surface area contributed by atoms with Crippen LogP contribution >= 0.6 is 23.4 Å². The molecular formula is C28H23ClN4OS. The van der Waals surface area contributed by atoms with Crippen molar-refractivity contribution in [3.05, 3.63) is 119 Å². The summed E-state index contributed by atoms with van der Waals surface area (Å²) in [6, 6.07) is 29.6. The van der Waals surface area contributed by atoms with Crippen molar-refractivity contribution in [1.29, 1.82) is 0 Å². The number of thioether (sulfide) groups is 1. The fourth-order valence-corrected chi connectivity index (χ4v) is 5.06. The van der Waals surface area contributed by atoms with E-state index >= 15 is 0 Å². The standard InChI is InChI=1S/C28H23ClN4OS/c1-19-14-15-22(29)16-25(19)33-26(31-32-28(33)35-18-20-8-3-2-4-9-20)17-30-27(34)24-13-7-11-21-10-5-6-12-23(21)24/h2-16H,17-18H2,1H3,(H,30,34). The molecular weight excluding hydrogens is 476 g/mol. The van der Waals surface area contributed by atoms with Crippen LogP contribution in [0.5, 0.6) is 0 Å². The molecule has 5 aromatic rings. The molecule has 174 valence electrons. The summed E-state index contributed by atoms with van der Waals surface area (Å²) >= 11 is 7.94. The number of aryl methyl sites for hydroxylation is 1. The number of benzene rings is 4. The van der Waals surface area contributed by atoms with E-state index in [1.54, 1.807) is 11.8 Å². The summed E-state index contributed by atoms with van der Waals surface area (Å²) in [6.45, 7) is 2.25. The molecule has 7 heteroatoms. The molecule has 5 rings (SSSR count). The first-order valence-corrected chi connectivity index (χ1v) is 12.6. The van der Waals surface area contributed by atoms with Crippen LogP contribution in [0.2, 0.25) is 5.02 Å². The molecule has 0 aliphatic heterocycles. The SMILES string of the molecule is Cc1ccc(Cl)cc1-n1c(CNC(=O)c2cccc3ccccc23)nnc1SCc1ccccc1. The molecule has 0 saturated carbocycles. The third-order valence-electron chi connectivity index (χ3n) is 5.76. The Labute approximate surface area is 213 Å². The van der Waals surface area contributed by atoms with Crippen molar-refractivity contribution in [3.63, 3.8) is 0 Å². The lowest BCUT2D eigenvalue weighted by Gasteiger charge is -2.14. The van der Waals surface area contributed by atoms with E-state index in [1.807, 2.05) is 90.4 Å². The minimum absolute atomic E-state index is 0.155. The zero-order valence-electron chi connectivity index (χ0n) is 19.1. The molecule has 0 bridgehead atoms. The number of carbonyl (C=O) groups excluding carboxylic acids is 1. The predicted molar refractivity (Wildman–Crippen MR) is 142 cm³/mol. The maximum atomic E-state index is 13.1. The Morgan fingerprint density at radius 3 is 2.57 bits per heavy atom. The lowest BCUT2D eigenvalue weighted by Crippen LogP contribution is -2.25. The van der Waals surface area contributed by atoms with Crippen molar-refractivity contribution in [2.75, 3.05) is 0 Å². The van der Waals surface area contributed by atoms with Crippen LogP contribution in [0, 0.1) is 6.92 Å². The Kier molecular flexibility index (Phi) is 6.84. The van der Waals surface area contributed by atoms with E-state index in [-0.39, 0.29) is 12.5 Å². The van der Waals surface area contributed by atoms with Crippen LogP contribution in [-0.4, -0.2) is 20.7 Å². The Bertz CT molecular complexity index is 1490. The van der Waals surface area contributed by atoms with Crippen LogP contribution in [0.3, 0.4) is 0 Å². The van der Waals surface area contributed by atoms with E-state index in [4.69, 9.17) is 11.6 Å². The molecule has 1 aromatic heterocycles. The van der Waals surface area contributed by atoms with E-state index < -0.39 is 0 Å². The van der Waals surface area contributed by atoms with Crippen LogP contribution < -0.4 is 5.32 Å². The zero-order valence-corrected chi connectivity index (χ0v) is 20.7. The largest absolute Gasteiger partial charge is 0.345 e. The highest BCUT2D eigenvalue weighted by atomic mass is 35.5. The molecule has 0 radical (unpaired) electrons. The van der Waals surface area contributed by atoms with Gasteiger partial charge in [0, 0.05) is 16.3 Å². The Morgan fingerprint density at radius 2 is 1.71 bits per heavy atom. The van der Waals surface area contributed by atoms with Crippen LogP contribution in [-0.2, 0) is 12.3 Å². The van der Waals surface area contributed by atoms with Crippen molar-refractivity contribution >= 4 is 40.0 Å². The van der Waals surface area contributed by atoms with Crippen LogP contribution in [0.4, 0.5) is 0 Å². The minimum Gasteiger partial charge on any atom is -0.345 e. The fourth-order valence-electron chi connectivity index (χ4n) is 3.97. The van der Waals surface area contributed by atoms with E-state index in [0.717, 1.165) is 32.9 Å². The van der Waals surface area contributed by atoms with Crippen LogP contribution in [0.1, 0.15) is 27.3 Å². The number of carbonyl (C=O) groups is 1. The maximum Gasteiger partial charge on any atom is 0.252 e. The number of aromatic nitrogens is 3. The molecule has 35 heavy (non-hydrogen) atoms. The summed E-state index contributed by atoms with van der Waals surface area (Å²) in [5.74, 6) is 1.23. The minimum atomic E-state index is -0.155. The molecule has 0 unspecified atom stereocenters. The summed E-state index contributed by atoms with van der Waals surface area (Å²) in [4.78, 5) is 13.1. The number of nitrogens with one attached hydrogen (secondary N) is 1. The van der Waals surface area contributed by atoms with Crippen molar-refractivity contribution in [1.82, 2.24) is 20.1 Å². The zero-order chi connectivity index (χ0) is 24.2. The molecule has 0 fully saturated rings. The number of fused-ring (bicyclic) bond motifs is 1. The first kappa shape index (κ1) is 23.1. The van der Waals surface area contributed by atoms with Gasteiger partial charge in [-0.1, -0.05) is 96.2 Å². The highest BCUT2D eigenvalue weighted by Crippen LogP contribution is 2.28. The number of hydrogen-bond donors (Lipinski definition) is 1.